The first-order valence-corrected chi connectivity index (χ1v) is 4.38. The molecule has 0 aliphatic carbocycles. The highest BCUT2D eigenvalue weighted by Gasteiger charge is 2.47. The fraction of sp³-hybridized carbons (Fsp3) is 1.00. The number of rotatable bonds is 3. The normalized spacial score (nSPS) is 22.9. The average molecular weight is 157 g/mol. The molecule has 0 aromatic rings. The van der Waals surface area contributed by atoms with Crippen LogP contribution in [-0.4, -0.2) is 18.8 Å². The van der Waals surface area contributed by atoms with E-state index in [0.717, 1.165) is 13.2 Å². The molecular weight excluding hydrogens is 138 g/mol. The molecule has 0 unspecified atom stereocenters. The maximum atomic E-state index is 6.08. The molecule has 1 aliphatic rings. The van der Waals surface area contributed by atoms with Crippen LogP contribution in [-0.2, 0) is 4.74 Å². The fourth-order valence-corrected chi connectivity index (χ4v) is 1.67. The van der Waals surface area contributed by atoms with Gasteiger partial charge in [0.2, 0.25) is 0 Å². The first-order chi connectivity index (χ1) is 5.02. The van der Waals surface area contributed by atoms with Gasteiger partial charge in [0.1, 0.15) is 0 Å². The largest absolute Gasteiger partial charge is 0.380 e. The smallest absolute Gasteiger partial charge is 0.0562 e. The van der Waals surface area contributed by atoms with Crippen molar-refractivity contribution in [2.45, 2.75) is 39.2 Å². The van der Waals surface area contributed by atoms with Crippen LogP contribution in [0.1, 0.15) is 33.6 Å². The predicted molar refractivity (Wildman–Crippen MR) is 46.4 cm³/mol. The van der Waals surface area contributed by atoms with Gasteiger partial charge in [-0.15, -0.1) is 0 Å². The zero-order valence-corrected chi connectivity index (χ0v) is 7.81. The second-order valence-corrected chi connectivity index (χ2v) is 4.24. The lowest BCUT2D eigenvalue weighted by Crippen LogP contribution is -2.61. The van der Waals surface area contributed by atoms with Gasteiger partial charge >= 0.3 is 0 Å². The fourth-order valence-electron chi connectivity index (χ4n) is 1.67. The van der Waals surface area contributed by atoms with Crippen LogP contribution in [0, 0.1) is 5.41 Å². The molecule has 1 heterocycles. The molecule has 2 N–H and O–H groups in total. The van der Waals surface area contributed by atoms with E-state index in [2.05, 4.69) is 20.8 Å². The molecule has 0 aromatic carbocycles. The molecule has 0 atom stereocenters. The van der Waals surface area contributed by atoms with Gasteiger partial charge in [-0.2, -0.15) is 0 Å². The van der Waals surface area contributed by atoms with Gasteiger partial charge < -0.3 is 10.5 Å². The van der Waals surface area contributed by atoms with Crippen molar-refractivity contribution in [1.29, 1.82) is 0 Å². The SMILES string of the molecule is CCCC1(C(C)(C)N)COC1. The second-order valence-electron chi connectivity index (χ2n) is 4.24. The van der Waals surface area contributed by atoms with Crippen molar-refractivity contribution in [3.63, 3.8) is 0 Å². The van der Waals surface area contributed by atoms with Crippen LogP contribution in [0.25, 0.3) is 0 Å². The highest BCUT2D eigenvalue weighted by atomic mass is 16.5. The van der Waals surface area contributed by atoms with E-state index in [4.69, 9.17) is 10.5 Å². The zero-order valence-electron chi connectivity index (χ0n) is 7.81. The van der Waals surface area contributed by atoms with Crippen molar-refractivity contribution in [2.24, 2.45) is 11.1 Å². The molecule has 0 radical (unpaired) electrons. The van der Waals surface area contributed by atoms with E-state index in [1.807, 2.05) is 0 Å². The molecule has 2 heteroatoms. The van der Waals surface area contributed by atoms with Gasteiger partial charge in [0.25, 0.3) is 0 Å². The van der Waals surface area contributed by atoms with E-state index in [-0.39, 0.29) is 11.0 Å². The van der Waals surface area contributed by atoms with Crippen molar-refractivity contribution < 1.29 is 4.74 Å². The van der Waals surface area contributed by atoms with Crippen LogP contribution in [0.5, 0.6) is 0 Å². The van der Waals surface area contributed by atoms with Crippen LogP contribution in [0.15, 0.2) is 0 Å². The van der Waals surface area contributed by atoms with Crippen LogP contribution in [0.3, 0.4) is 0 Å². The Kier molecular flexibility index (Phi) is 2.26. The second kappa shape index (κ2) is 2.76. The summed E-state index contributed by atoms with van der Waals surface area (Å²) in [5, 5.41) is 0. The summed E-state index contributed by atoms with van der Waals surface area (Å²) in [6, 6.07) is 0. The first-order valence-electron chi connectivity index (χ1n) is 4.38. The number of nitrogens with two attached hydrogens (primary N) is 1. The molecule has 1 rings (SSSR count). The van der Waals surface area contributed by atoms with Gasteiger partial charge in [0.05, 0.1) is 13.2 Å². The van der Waals surface area contributed by atoms with E-state index in [1.54, 1.807) is 0 Å². The molecule has 1 fully saturated rings. The van der Waals surface area contributed by atoms with Crippen molar-refractivity contribution in [2.75, 3.05) is 13.2 Å². The van der Waals surface area contributed by atoms with Crippen LogP contribution >= 0.6 is 0 Å². The summed E-state index contributed by atoms with van der Waals surface area (Å²) in [6.07, 6.45) is 2.39. The molecule has 0 saturated carbocycles. The third-order valence-electron chi connectivity index (χ3n) is 2.85. The molecule has 1 saturated heterocycles. The minimum absolute atomic E-state index is 0.0821. The van der Waals surface area contributed by atoms with Crippen LogP contribution in [0.4, 0.5) is 0 Å². The molecule has 0 aromatic heterocycles. The summed E-state index contributed by atoms with van der Waals surface area (Å²) in [7, 11) is 0. The van der Waals surface area contributed by atoms with Gasteiger partial charge in [-0.05, 0) is 20.3 Å². The summed E-state index contributed by atoms with van der Waals surface area (Å²) in [4.78, 5) is 0. The Morgan fingerprint density at radius 1 is 1.45 bits per heavy atom. The van der Waals surface area contributed by atoms with E-state index >= 15 is 0 Å². The molecule has 0 amide bonds. The zero-order chi connectivity index (χ0) is 8.54. The van der Waals surface area contributed by atoms with Crippen molar-refractivity contribution in [3.8, 4) is 0 Å². The van der Waals surface area contributed by atoms with Gasteiger partial charge in [-0.1, -0.05) is 13.3 Å². The van der Waals surface area contributed by atoms with Crippen LogP contribution in [0.2, 0.25) is 0 Å². The molecule has 1 aliphatic heterocycles. The Balaban J connectivity index is 2.60. The van der Waals surface area contributed by atoms with Gasteiger partial charge in [-0.3, -0.25) is 0 Å². The summed E-state index contributed by atoms with van der Waals surface area (Å²) < 4.78 is 5.24. The highest BCUT2D eigenvalue weighted by molar-refractivity contribution is 5.00. The summed E-state index contributed by atoms with van der Waals surface area (Å²) in [5.41, 5.74) is 6.27. The standard InChI is InChI=1S/C9H19NO/c1-4-5-9(6-11-7-9)8(2,3)10/h4-7,10H2,1-3H3. The third kappa shape index (κ3) is 1.42. The Bertz CT molecular complexity index is 133. The first kappa shape index (κ1) is 9.01. The van der Waals surface area contributed by atoms with Crippen molar-refractivity contribution >= 4 is 0 Å². The minimum atomic E-state index is -0.0821. The monoisotopic (exact) mass is 157 g/mol. The van der Waals surface area contributed by atoms with Crippen LogP contribution < -0.4 is 5.73 Å². The number of hydrogen-bond acceptors (Lipinski definition) is 2. The quantitative estimate of drug-likeness (QED) is 0.674. The third-order valence-corrected chi connectivity index (χ3v) is 2.85. The highest BCUT2D eigenvalue weighted by Crippen LogP contribution is 2.41. The molecular formula is C9H19NO. The molecule has 66 valence electrons. The predicted octanol–water partition coefficient (Wildman–Crippen LogP) is 1.54. The van der Waals surface area contributed by atoms with Crippen molar-refractivity contribution in [1.82, 2.24) is 0 Å². The van der Waals surface area contributed by atoms with E-state index in [1.165, 1.54) is 12.8 Å². The lowest BCUT2D eigenvalue weighted by atomic mass is 9.67. The lowest BCUT2D eigenvalue weighted by Gasteiger charge is -2.50. The van der Waals surface area contributed by atoms with E-state index in [9.17, 15) is 0 Å². The molecule has 0 spiro atoms. The Morgan fingerprint density at radius 3 is 2.09 bits per heavy atom. The summed E-state index contributed by atoms with van der Waals surface area (Å²) in [6.45, 7) is 8.11. The average Bonchev–Trinajstić information content (AvgIpc) is 1.75. The van der Waals surface area contributed by atoms with E-state index in [0.29, 0.717) is 0 Å². The summed E-state index contributed by atoms with van der Waals surface area (Å²) >= 11 is 0. The summed E-state index contributed by atoms with van der Waals surface area (Å²) in [5.74, 6) is 0. The Hall–Kier alpha value is -0.0800. The maximum absolute atomic E-state index is 6.08. The topological polar surface area (TPSA) is 35.2 Å². The van der Waals surface area contributed by atoms with Gasteiger partial charge in [0.15, 0.2) is 0 Å². The molecule has 11 heavy (non-hydrogen) atoms. The number of hydrogen-bond donors (Lipinski definition) is 1. The minimum Gasteiger partial charge on any atom is -0.380 e. The maximum Gasteiger partial charge on any atom is 0.0562 e. The van der Waals surface area contributed by atoms with Gasteiger partial charge in [0, 0.05) is 11.0 Å². The molecule has 0 bridgehead atoms. The molecule has 2 nitrogen and oxygen atoms in total. The lowest BCUT2D eigenvalue weighted by molar-refractivity contribution is -0.151. The number of ether oxygens (including phenoxy) is 1. The van der Waals surface area contributed by atoms with E-state index < -0.39 is 0 Å². The Labute approximate surface area is 69.1 Å². The van der Waals surface area contributed by atoms with Gasteiger partial charge in [-0.25, -0.2) is 0 Å². The Morgan fingerprint density at radius 2 is 2.00 bits per heavy atom. The van der Waals surface area contributed by atoms with Crippen molar-refractivity contribution in [3.05, 3.63) is 0 Å².